The second kappa shape index (κ2) is 5.48. The van der Waals surface area contributed by atoms with Crippen LogP contribution < -0.4 is 5.32 Å². The lowest BCUT2D eigenvalue weighted by molar-refractivity contribution is -0.165. The van der Waals surface area contributed by atoms with Gasteiger partial charge in [0.2, 0.25) is 0 Å². The second-order valence-corrected chi connectivity index (χ2v) is 3.41. The molecule has 0 bridgehead atoms. The Morgan fingerprint density at radius 3 is 2.56 bits per heavy atom. The fourth-order valence-corrected chi connectivity index (χ4v) is 1.16. The number of rotatable bonds is 4. The molecule has 0 aliphatic carbocycles. The van der Waals surface area contributed by atoms with Gasteiger partial charge in [0, 0.05) is 12.4 Å². The highest BCUT2D eigenvalue weighted by Gasteiger charge is 2.42. The zero-order chi connectivity index (χ0) is 13.8. The highest BCUT2D eigenvalue weighted by Crippen LogP contribution is 2.22. The highest BCUT2D eigenvalue weighted by molar-refractivity contribution is 5.94. The Hall–Kier alpha value is -2.12. The maximum atomic E-state index is 12.5. The molecule has 0 saturated heterocycles. The molecule has 1 aromatic rings. The van der Waals surface area contributed by atoms with Crippen LogP contribution in [0, 0.1) is 0 Å². The van der Waals surface area contributed by atoms with Crippen molar-refractivity contribution in [3.63, 3.8) is 0 Å². The Kier molecular flexibility index (Phi) is 4.24. The molecule has 1 rings (SSSR count). The molecule has 0 aliphatic rings. The van der Waals surface area contributed by atoms with Crippen LogP contribution in [0.15, 0.2) is 24.5 Å². The van der Waals surface area contributed by atoms with Gasteiger partial charge in [-0.05, 0) is 12.1 Å². The number of amides is 1. The number of alkyl halides is 3. The minimum atomic E-state index is -4.82. The number of carbonyl (C=O) groups excluding carboxylic acids is 1. The van der Waals surface area contributed by atoms with Gasteiger partial charge in [0.1, 0.15) is 6.04 Å². The van der Waals surface area contributed by atoms with Crippen LogP contribution in [0.1, 0.15) is 16.8 Å². The number of aromatic nitrogens is 1. The highest BCUT2D eigenvalue weighted by atomic mass is 19.4. The van der Waals surface area contributed by atoms with E-state index in [2.05, 4.69) is 4.98 Å². The molecule has 5 nitrogen and oxygen atoms in total. The maximum absolute atomic E-state index is 12.5. The van der Waals surface area contributed by atoms with E-state index in [1.165, 1.54) is 18.3 Å². The molecule has 8 heteroatoms. The number of carbonyl (C=O) groups is 2. The van der Waals surface area contributed by atoms with E-state index in [1.807, 2.05) is 0 Å². The zero-order valence-electron chi connectivity index (χ0n) is 8.94. The second-order valence-electron chi connectivity index (χ2n) is 3.41. The summed E-state index contributed by atoms with van der Waals surface area (Å²) in [4.78, 5) is 25.3. The lowest BCUT2D eigenvalue weighted by Crippen LogP contribution is -2.46. The molecule has 1 heterocycles. The van der Waals surface area contributed by atoms with E-state index < -0.39 is 30.5 Å². The summed E-state index contributed by atoms with van der Waals surface area (Å²) < 4.78 is 37.4. The van der Waals surface area contributed by atoms with Crippen molar-refractivity contribution in [2.45, 2.75) is 18.6 Å². The molecular formula is C10H9F3N2O3. The minimum Gasteiger partial charge on any atom is -0.481 e. The van der Waals surface area contributed by atoms with Gasteiger partial charge in [-0.1, -0.05) is 0 Å². The van der Waals surface area contributed by atoms with Gasteiger partial charge in [-0.3, -0.25) is 14.6 Å². The molecule has 0 fully saturated rings. The fourth-order valence-electron chi connectivity index (χ4n) is 1.16. The Labute approximate surface area is 99.6 Å². The van der Waals surface area contributed by atoms with E-state index >= 15 is 0 Å². The molecular weight excluding hydrogens is 253 g/mol. The number of nitrogens with zero attached hydrogens (tertiary/aromatic N) is 1. The first kappa shape index (κ1) is 13.9. The summed E-state index contributed by atoms with van der Waals surface area (Å²) in [6.45, 7) is 0. The van der Waals surface area contributed by atoms with Gasteiger partial charge in [0.15, 0.2) is 0 Å². The number of carboxylic acids is 1. The lowest BCUT2D eigenvalue weighted by atomic mass is 10.1. The van der Waals surface area contributed by atoms with Crippen molar-refractivity contribution in [1.29, 1.82) is 0 Å². The van der Waals surface area contributed by atoms with Crippen molar-refractivity contribution in [3.8, 4) is 0 Å². The Bertz CT molecular complexity index is 434. The summed E-state index contributed by atoms with van der Waals surface area (Å²) in [7, 11) is 0. The van der Waals surface area contributed by atoms with E-state index in [0.717, 1.165) is 6.20 Å². The molecule has 1 unspecified atom stereocenters. The molecule has 0 spiro atoms. The van der Waals surface area contributed by atoms with Gasteiger partial charge < -0.3 is 10.4 Å². The van der Waals surface area contributed by atoms with Crippen molar-refractivity contribution in [2.24, 2.45) is 0 Å². The summed E-state index contributed by atoms with van der Waals surface area (Å²) in [5, 5.41) is 9.99. The first-order chi connectivity index (χ1) is 8.30. The van der Waals surface area contributed by atoms with Crippen LogP contribution >= 0.6 is 0 Å². The third-order valence-electron chi connectivity index (χ3n) is 2.00. The van der Waals surface area contributed by atoms with Crippen LogP contribution in [0.25, 0.3) is 0 Å². The van der Waals surface area contributed by atoms with Gasteiger partial charge in [0.25, 0.3) is 5.91 Å². The smallest absolute Gasteiger partial charge is 0.409 e. The summed E-state index contributed by atoms with van der Waals surface area (Å²) in [6.07, 6.45) is -3.61. The van der Waals surface area contributed by atoms with Gasteiger partial charge in [-0.2, -0.15) is 13.2 Å². The van der Waals surface area contributed by atoms with Gasteiger partial charge in [-0.15, -0.1) is 0 Å². The van der Waals surface area contributed by atoms with Crippen molar-refractivity contribution < 1.29 is 27.9 Å². The van der Waals surface area contributed by atoms with Crippen LogP contribution in [-0.2, 0) is 4.79 Å². The molecule has 1 amide bonds. The average molecular weight is 262 g/mol. The number of carboxylic acid groups (broad SMARTS) is 1. The molecule has 0 aliphatic heterocycles. The van der Waals surface area contributed by atoms with Crippen LogP contribution in [0.3, 0.4) is 0 Å². The number of nitrogens with one attached hydrogen (secondary N) is 1. The van der Waals surface area contributed by atoms with Crippen molar-refractivity contribution in [1.82, 2.24) is 10.3 Å². The van der Waals surface area contributed by atoms with E-state index in [9.17, 15) is 22.8 Å². The Morgan fingerprint density at radius 1 is 1.44 bits per heavy atom. The summed E-state index contributed by atoms with van der Waals surface area (Å²) in [5.74, 6) is -2.67. The monoisotopic (exact) mass is 262 g/mol. The number of aliphatic carboxylic acids is 1. The van der Waals surface area contributed by atoms with Crippen LogP contribution in [0.2, 0.25) is 0 Å². The predicted molar refractivity (Wildman–Crippen MR) is 53.8 cm³/mol. The Balaban J connectivity index is 2.78. The van der Waals surface area contributed by atoms with Crippen molar-refractivity contribution in [3.05, 3.63) is 30.1 Å². The first-order valence-electron chi connectivity index (χ1n) is 4.80. The first-order valence-corrected chi connectivity index (χ1v) is 4.80. The molecule has 2 N–H and O–H groups in total. The van der Waals surface area contributed by atoms with E-state index in [0.29, 0.717) is 0 Å². The standard InChI is InChI=1S/C10H9F3N2O3/c11-10(12,13)7(4-8(16)17)15-9(18)6-2-1-3-14-5-6/h1-3,5,7H,4H2,(H,15,18)(H,16,17). The summed E-state index contributed by atoms with van der Waals surface area (Å²) >= 11 is 0. The lowest BCUT2D eigenvalue weighted by Gasteiger charge is -2.19. The molecule has 0 aromatic carbocycles. The summed E-state index contributed by atoms with van der Waals surface area (Å²) in [5.41, 5.74) is -0.0721. The molecule has 98 valence electrons. The molecule has 1 aromatic heterocycles. The fraction of sp³-hybridized carbons (Fsp3) is 0.300. The molecule has 0 saturated carbocycles. The average Bonchev–Trinajstić information content (AvgIpc) is 2.27. The SMILES string of the molecule is O=C(O)CC(NC(=O)c1cccnc1)C(F)(F)F. The van der Waals surface area contributed by atoms with Gasteiger partial charge in [-0.25, -0.2) is 0 Å². The maximum Gasteiger partial charge on any atom is 0.409 e. The summed E-state index contributed by atoms with van der Waals surface area (Å²) in [6, 6.07) is 0.230. The van der Waals surface area contributed by atoms with E-state index in [4.69, 9.17) is 5.11 Å². The van der Waals surface area contributed by atoms with Gasteiger partial charge in [0.05, 0.1) is 12.0 Å². The van der Waals surface area contributed by atoms with E-state index in [-0.39, 0.29) is 5.56 Å². The van der Waals surface area contributed by atoms with Crippen LogP contribution in [0.4, 0.5) is 13.2 Å². The quantitative estimate of drug-likeness (QED) is 0.855. The van der Waals surface area contributed by atoms with Crippen LogP contribution in [-0.4, -0.2) is 34.2 Å². The van der Waals surface area contributed by atoms with Crippen molar-refractivity contribution >= 4 is 11.9 Å². The zero-order valence-corrected chi connectivity index (χ0v) is 8.94. The number of hydrogen-bond acceptors (Lipinski definition) is 3. The topological polar surface area (TPSA) is 79.3 Å². The molecule has 18 heavy (non-hydrogen) atoms. The normalized spacial score (nSPS) is 12.8. The Morgan fingerprint density at radius 2 is 2.11 bits per heavy atom. The van der Waals surface area contributed by atoms with Crippen LogP contribution in [0.5, 0.6) is 0 Å². The third-order valence-corrected chi connectivity index (χ3v) is 2.00. The predicted octanol–water partition coefficient (Wildman–Crippen LogP) is 1.22. The number of hydrogen-bond donors (Lipinski definition) is 2. The van der Waals surface area contributed by atoms with Crippen molar-refractivity contribution in [2.75, 3.05) is 0 Å². The number of halogens is 3. The molecule has 1 atom stereocenters. The minimum absolute atomic E-state index is 0.0721. The molecule has 0 radical (unpaired) electrons. The third kappa shape index (κ3) is 4.04. The largest absolute Gasteiger partial charge is 0.481 e. The van der Waals surface area contributed by atoms with E-state index in [1.54, 1.807) is 5.32 Å². The number of pyridine rings is 1. The van der Waals surface area contributed by atoms with Gasteiger partial charge >= 0.3 is 12.1 Å².